The van der Waals surface area contributed by atoms with Crippen molar-refractivity contribution in [2.24, 2.45) is 5.73 Å². The van der Waals surface area contributed by atoms with Gasteiger partial charge in [-0.1, -0.05) is 6.92 Å². The van der Waals surface area contributed by atoms with Crippen molar-refractivity contribution < 1.29 is 18.0 Å². The molecule has 8 heteroatoms. The van der Waals surface area contributed by atoms with Crippen molar-refractivity contribution in [3.05, 3.63) is 29.6 Å². The van der Waals surface area contributed by atoms with E-state index in [2.05, 4.69) is 4.98 Å². The van der Waals surface area contributed by atoms with Crippen LogP contribution in [0.4, 0.5) is 13.2 Å². The minimum atomic E-state index is -4.42. The maximum Gasteiger partial charge on any atom is 0.417 e. The Morgan fingerprint density at radius 2 is 2.15 bits per heavy atom. The molecule has 2 heterocycles. The number of imidazole rings is 1. The largest absolute Gasteiger partial charge is 0.417 e. The first-order valence-corrected chi connectivity index (χ1v) is 6.80. The third-order valence-corrected chi connectivity index (χ3v) is 3.59. The van der Waals surface area contributed by atoms with E-state index < -0.39 is 17.6 Å². The number of amides is 1. The summed E-state index contributed by atoms with van der Waals surface area (Å²) in [5.41, 5.74) is 5.15. The van der Waals surface area contributed by atoms with Gasteiger partial charge in [-0.3, -0.25) is 9.20 Å². The predicted octanol–water partition coefficient (Wildman–Crippen LogP) is 2.49. The maximum absolute atomic E-state index is 12.7. The number of aromatic nitrogens is 2. The van der Waals surface area contributed by atoms with E-state index in [1.54, 1.807) is 0 Å². The van der Waals surface area contributed by atoms with Gasteiger partial charge in [0.2, 0.25) is 5.91 Å². The zero-order chi connectivity index (χ0) is 14.9. The van der Waals surface area contributed by atoms with E-state index >= 15 is 0 Å². The first-order chi connectivity index (χ1) is 9.32. The Hall–Kier alpha value is -1.70. The summed E-state index contributed by atoms with van der Waals surface area (Å²) in [6, 6.07) is 2.25. The Labute approximate surface area is 117 Å². The third kappa shape index (κ3) is 2.90. The Kier molecular flexibility index (Phi) is 3.94. The lowest BCUT2D eigenvalue weighted by molar-refractivity contribution is -0.137. The van der Waals surface area contributed by atoms with Crippen LogP contribution in [0.5, 0.6) is 0 Å². The summed E-state index contributed by atoms with van der Waals surface area (Å²) in [4.78, 5) is 15.2. The van der Waals surface area contributed by atoms with E-state index in [1.807, 2.05) is 6.92 Å². The van der Waals surface area contributed by atoms with Crippen molar-refractivity contribution in [1.29, 1.82) is 0 Å². The highest BCUT2D eigenvalue weighted by Crippen LogP contribution is 2.31. The highest BCUT2D eigenvalue weighted by Gasteiger charge is 2.31. The molecule has 20 heavy (non-hydrogen) atoms. The smallest absolute Gasteiger partial charge is 0.369 e. The van der Waals surface area contributed by atoms with Crippen LogP contribution in [0.25, 0.3) is 5.65 Å². The minimum absolute atomic E-state index is 0.0919. The van der Waals surface area contributed by atoms with Crippen LogP contribution in [0, 0.1) is 0 Å². The van der Waals surface area contributed by atoms with Gasteiger partial charge >= 0.3 is 6.18 Å². The van der Waals surface area contributed by atoms with Crippen LogP contribution in [-0.2, 0) is 17.4 Å². The number of hydrogen-bond acceptors (Lipinski definition) is 3. The van der Waals surface area contributed by atoms with E-state index in [-0.39, 0.29) is 6.42 Å². The molecule has 0 aliphatic carbocycles. The standard InChI is InChI=1S/C12H12F3N3OS/c1-2-20-11-8(5-9(16)19)17-10-4-3-7(6-18(10)11)12(13,14)15/h3-4,6H,2,5H2,1H3,(H2,16,19). The van der Waals surface area contributed by atoms with Gasteiger partial charge in [0.25, 0.3) is 0 Å². The van der Waals surface area contributed by atoms with Crippen LogP contribution in [0.3, 0.4) is 0 Å². The van der Waals surface area contributed by atoms with Gasteiger partial charge in [-0.05, 0) is 17.9 Å². The summed E-state index contributed by atoms with van der Waals surface area (Å²) in [5.74, 6) is 0.0814. The molecule has 0 fully saturated rings. The molecule has 0 saturated carbocycles. The average molecular weight is 303 g/mol. The van der Waals surface area contributed by atoms with Gasteiger partial charge in [-0.15, -0.1) is 11.8 Å². The Balaban J connectivity index is 2.60. The fourth-order valence-corrected chi connectivity index (χ4v) is 2.65. The number of thioether (sulfide) groups is 1. The summed E-state index contributed by atoms with van der Waals surface area (Å²) in [6.07, 6.45) is -3.52. The lowest BCUT2D eigenvalue weighted by Crippen LogP contribution is -2.14. The fourth-order valence-electron chi connectivity index (χ4n) is 1.81. The number of alkyl halides is 3. The Morgan fingerprint density at radius 1 is 1.45 bits per heavy atom. The summed E-state index contributed by atoms with van der Waals surface area (Å²) in [6.45, 7) is 1.87. The normalized spacial score (nSPS) is 12.0. The van der Waals surface area contributed by atoms with Gasteiger partial charge in [-0.2, -0.15) is 13.2 Å². The van der Waals surface area contributed by atoms with E-state index in [1.165, 1.54) is 22.2 Å². The Bertz CT molecular complexity index is 651. The van der Waals surface area contributed by atoms with Crippen LogP contribution in [0.1, 0.15) is 18.2 Å². The summed E-state index contributed by atoms with van der Waals surface area (Å²) in [7, 11) is 0. The minimum Gasteiger partial charge on any atom is -0.369 e. The molecule has 0 atom stereocenters. The van der Waals surface area contributed by atoms with Crippen molar-refractivity contribution in [3.63, 3.8) is 0 Å². The van der Waals surface area contributed by atoms with Crippen molar-refractivity contribution in [3.8, 4) is 0 Å². The van der Waals surface area contributed by atoms with Crippen LogP contribution in [0.2, 0.25) is 0 Å². The van der Waals surface area contributed by atoms with E-state index in [9.17, 15) is 18.0 Å². The van der Waals surface area contributed by atoms with Crippen molar-refractivity contribution >= 4 is 23.3 Å². The fraction of sp³-hybridized carbons (Fsp3) is 0.333. The van der Waals surface area contributed by atoms with E-state index in [0.29, 0.717) is 22.1 Å². The molecule has 1 amide bonds. The van der Waals surface area contributed by atoms with Crippen molar-refractivity contribution in [1.82, 2.24) is 9.38 Å². The molecule has 0 spiro atoms. The first-order valence-electron chi connectivity index (χ1n) is 5.82. The average Bonchev–Trinajstić information content (AvgIpc) is 2.65. The molecular weight excluding hydrogens is 291 g/mol. The molecule has 0 saturated heterocycles. The number of carbonyl (C=O) groups is 1. The number of carbonyl (C=O) groups excluding carboxylic acids is 1. The number of primary amides is 1. The number of pyridine rings is 1. The molecule has 0 radical (unpaired) electrons. The zero-order valence-electron chi connectivity index (χ0n) is 10.6. The molecule has 0 unspecified atom stereocenters. The maximum atomic E-state index is 12.7. The number of halogens is 3. The van der Waals surface area contributed by atoms with Crippen LogP contribution < -0.4 is 5.73 Å². The molecule has 2 rings (SSSR count). The summed E-state index contributed by atoms with van der Waals surface area (Å²) < 4.78 is 39.6. The van der Waals surface area contributed by atoms with Crippen LogP contribution in [-0.4, -0.2) is 21.0 Å². The number of nitrogens with zero attached hydrogens (tertiary/aromatic N) is 2. The molecule has 0 bridgehead atoms. The number of fused-ring (bicyclic) bond motifs is 1. The summed E-state index contributed by atoms with van der Waals surface area (Å²) >= 11 is 1.32. The second kappa shape index (κ2) is 5.35. The topological polar surface area (TPSA) is 60.4 Å². The SMILES string of the molecule is CCSc1c(CC(N)=O)nc2ccc(C(F)(F)F)cn12. The lowest BCUT2D eigenvalue weighted by atomic mass is 10.3. The van der Waals surface area contributed by atoms with Gasteiger partial charge in [-0.25, -0.2) is 4.98 Å². The molecule has 2 aromatic rings. The Morgan fingerprint density at radius 3 is 2.70 bits per heavy atom. The molecule has 2 N–H and O–H groups in total. The third-order valence-electron chi connectivity index (χ3n) is 2.59. The molecule has 4 nitrogen and oxygen atoms in total. The number of nitrogens with two attached hydrogens (primary N) is 1. The van der Waals surface area contributed by atoms with Crippen molar-refractivity contribution in [2.45, 2.75) is 24.5 Å². The van der Waals surface area contributed by atoms with Crippen molar-refractivity contribution in [2.75, 3.05) is 5.75 Å². The number of hydrogen-bond donors (Lipinski definition) is 1. The second-order valence-corrected chi connectivity index (χ2v) is 5.34. The first kappa shape index (κ1) is 14.7. The van der Waals surface area contributed by atoms with Gasteiger partial charge in [0, 0.05) is 6.20 Å². The highest BCUT2D eigenvalue weighted by molar-refractivity contribution is 7.99. The molecular formula is C12H12F3N3OS. The number of rotatable bonds is 4. The van der Waals surface area contributed by atoms with E-state index in [4.69, 9.17) is 5.73 Å². The monoisotopic (exact) mass is 303 g/mol. The summed E-state index contributed by atoms with van der Waals surface area (Å²) in [5, 5.41) is 0.521. The van der Waals surface area contributed by atoms with Gasteiger partial charge in [0.05, 0.1) is 17.7 Å². The van der Waals surface area contributed by atoms with Crippen LogP contribution >= 0.6 is 11.8 Å². The zero-order valence-corrected chi connectivity index (χ0v) is 11.4. The van der Waals surface area contributed by atoms with Gasteiger partial charge in [0.1, 0.15) is 10.7 Å². The van der Waals surface area contributed by atoms with Gasteiger partial charge < -0.3 is 5.73 Å². The molecule has 0 aliphatic rings. The molecule has 0 aliphatic heterocycles. The molecule has 108 valence electrons. The molecule has 0 aromatic carbocycles. The molecule has 2 aromatic heterocycles. The second-order valence-electron chi connectivity index (χ2n) is 4.08. The van der Waals surface area contributed by atoms with Crippen LogP contribution in [0.15, 0.2) is 23.4 Å². The quantitative estimate of drug-likeness (QED) is 0.883. The van der Waals surface area contributed by atoms with Gasteiger partial charge in [0.15, 0.2) is 0 Å². The predicted molar refractivity (Wildman–Crippen MR) is 69.5 cm³/mol. The van der Waals surface area contributed by atoms with E-state index in [0.717, 1.165) is 12.3 Å². The lowest BCUT2D eigenvalue weighted by Gasteiger charge is -2.08. The highest BCUT2D eigenvalue weighted by atomic mass is 32.2.